The molecule has 1 aliphatic heterocycles. The van der Waals surface area contributed by atoms with Crippen LogP contribution in [0.15, 0.2) is 6.08 Å². The van der Waals surface area contributed by atoms with Crippen LogP contribution in [-0.2, 0) is 9.53 Å². The summed E-state index contributed by atoms with van der Waals surface area (Å²) in [4.78, 5) is 10.7. The molecule has 0 unspecified atom stereocenters. The highest BCUT2D eigenvalue weighted by Gasteiger charge is 2.30. The molecule has 43 valence electrons. The van der Waals surface area contributed by atoms with Gasteiger partial charge in [-0.3, -0.25) is 4.79 Å². The lowest BCUT2D eigenvalue weighted by Crippen LogP contribution is -2.27. The molecule has 1 aliphatic rings. The van der Waals surface area contributed by atoms with E-state index in [9.17, 15) is 4.79 Å². The molecule has 0 aromatic rings. The Bertz CT molecular complexity index is 145. The van der Waals surface area contributed by atoms with Crippen molar-refractivity contribution in [3.63, 3.8) is 0 Å². The summed E-state index contributed by atoms with van der Waals surface area (Å²) in [6.07, 6.45) is 3.71. The van der Waals surface area contributed by atoms with Crippen molar-refractivity contribution in [1.29, 1.82) is 0 Å². The summed E-state index contributed by atoms with van der Waals surface area (Å²) in [5, 5.41) is 0. The molecule has 0 N–H and O–H groups in total. The molecule has 0 fully saturated rings. The molecule has 0 aromatic heterocycles. The molecule has 2 nitrogen and oxygen atoms in total. The van der Waals surface area contributed by atoms with Crippen molar-refractivity contribution in [1.82, 2.24) is 0 Å². The smallest absolute Gasteiger partial charge is 0.202 e. The lowest BCUT2D eigenvalue weighted by molar-refractivity contribution is -0.126. The minimum Gasteiger partial charge on any atom is -0.476 e. The van der Waals surface area contributed by atoms with E-state index < -0.39 is 5.60 Å². The lowest BCUT2D eigenvalue weighted by Gasteiger charge is -2.13. The van der Waals surface area contributed by atoms with Crippen LogP contribution < -0.4 is 0 Å². The predicted octanol–water partition coefficient (Wildman–Crippen LogP) is 0.681. The zero-order valence-corrected chi connectivity index (χ0v) is 4.89. The molecule has 0 amide bonds. The van der Waals surface area contributed by atoms with Gasteiger partial charge in [-0.2, -0.15) is 0 Å². The van der Waals surface area contributed by atoms with Crippen molar-refractivity contribution in [2.24, 2.45) is 0 Å². The van der Waals surface area contributed by atoms with Gasteiger partial charge in [0.1, 0.15) is 0 Å². The third-order valence-corrected chi connectivity index (χ3v) is 1.10. The number of ketones is 1. The largest absolute Gasteiger partial charge is 0.476 e. The highest BCUT2D eigenvalue weighted by molar-refractivity contribution is 5.97. The Kier molecular flexibility index (Phi) is 0.897. The van der Waals surface area contributed by atoms with E-state index >= 15 is 0 Å². The summed E-state index contributed by atoms with van der Waals surface area (Å²) in [7, 11) is 0. The van der Waals surface area contributed by atoms with Crippen LogP contribution in [0, 0.1) is 6.26 Å². The van der Waals surface area contributed by atoms with Crippen molar-refractivity contribution < 1.29 is 9.53 Å². The Labute approximate surface area is 48.1 Å². The SMILES string of the molecule is CC1(C)O[C]=CC1=O. The van der Waals surface area contributed by atoms with Crippen molar-refractivity contribution in [3.05, 3.63) is 12.3 Å². The van der Waals surface area contributed by atoms with E-state index in [1.165, 1.54) is 6.08 Å². The Morgan fingerprint density at radius 2 is 2.38 bits per heavy atom. The fraction of sp³-hybridized carbons (Fsp3) is 0.500. The normalized spacial score (nSPS) is 23.5. The van der Waals surface area contributed by atoms with Crippen LogP contribution in [0.1, 0.15) is 13.8 Å². The standard InChI is InChI=1S/C6H7O2/c1-6(2)5(7)3-4-8-6/h3H,1-2H3. The van der Waals surface area contributed by atoms with E-state index in [4.69, 9.17) is 4.74 Å². The van der Waals surface area contributed by atoms with E-state index in [0.29, 0.717) is 0 Å². The minimum absolute atomic E-state index is 0.0162. The van der Waals surface area contributed by atoms with Crippen LogP contribution in [0.4, 0.5) is 0 Å². The summed E-state index contributed by atoms with van der Waals surface area (Å²) in [5.41, 5.74) is -0.653. The average molecular weight is 111 g/mol. The monoisotopic (exact) mass is 111 g/mol. The molecule has 8 heavy (non-hydrogen) atoms. The minimum atomic E-state index is -0.653. The second kappa shape index (κ2) is 1.34. The fourth-order valence-electron chi connectivity index (χ4n) is 0.454. The van der Waals surface area contributed by atoms with Crippen molar-refractivity contribution in [2.45, 2.75) is 19.4 Å². The van der Waals surface area contributed by atoms with Crippen LogP contribution in [0.2, 0.25) is 0 Å². The maximum Gasteiger partial charge on any atom is 0.202 e. The molecule has 0 aromatic carbocycles. The molecule has 2 heteroatoms. The summed E-state index contributed by atoms with van der Waals surface area (Å²) in [6.45, 7) is 3.43. The van der Waals surface area contributed by atoms with Crippen LogP contribution in [0.5, 0.6) is 0 Å². The molecule has 1 heterocycles. The van der Waals surface area contributed by atoms with Crippen LogP contribution >= 0.6 is 0 Å². The molecule has 0 saturated heterocycles. The molecular formula is C6H7O2. The van der Waals surface area contributed by atoms with Gasteiger partial charge in [0.05, 0.1) is 0 Å². The Morgan fingerprint density at radius 3 is 2.50 bits per heavy atom. The maximum absolute atomic E-state index is 10.7. The van der Waals surface area contributed by atoms with E-state index in [1.54, 1.807) is 13.8 Å². The van der Waals surface area contributed by atoms with Crippen LogP contribution in [-0.4, -0.2) is 11.4 Å². The first-order chi connectivity index (χ1) is 3.63. The number of hydrogen-bond acceptors (Lipinski definition) is 2. The first kappa shape index (κ1) is 5.35. The van der Waals surface area contributed by atoms with E-state index in [2.05, 4.69) is 6.26 Å². The van der Waals surface area contributed by atoms with Gasteiger partial charge in [0.25, 0.3) is 0 Å². The lowest BCUT2D eigenvalue weighted by atomic mass is 10.1. The maximum atomic E-state index is 10.7. The van der Waals surface area contributed by atoms with Gasteiger partial charge in [-0.05, 0) is 13.8 Å². The van der Waals surface area contributed by atoms with Crippen molar-refractivity contribution >= 4 is 5.78 Å². The molecule has 0 saturated carbocycles. The number of carbonyl (C=O) groups is 1. The predicted molar refractivity (Wildman–Crippen MR) is 28.0 cm³/mol. The molecule has 0 aliphatic carbocycles. The van der Waals surface area contributed by atoms with Crippen LogP contribution in [0.25, 0.3) is 0 Å². The van der Waals surface area contributed by atoms with Gasteiger partial charge in [0, 0.05) is 6.08 Å². The van der Waals surface area contributed by atoms with Gasteiger partial charge >= 0.3 is 0 Å². The fourth-order valence-corrected chi connectivity index (χ4v) is 0.454. The van der Waals surface area contributed by atoms with Gasteiger partial charge in [0.2, 0.25) is 5.78 Å². The number of ether oxygens (including phenoxy) is 1. The van der Waals surface area contributed by atoms with Crippen molar-refractivity contribution in [2.75, 3.05) is 0 Å². The topological polar surface area (TPSA) is 26.3 Å². The zero-order chi connectivity index (χ0) is 6.20. The molecule has 0 atom stereocenters. The first-order valence-electron chi connectivity index (χ1n) is 2.44. The third kappa shape index (κ3) is 0.619. The Balaban J connectivity index is 2.79. The van der Waals surface area contributed by atoms with Gasteiger partial charge < -0.3 is 4.74 Å². The second-order valence-corrected chi connectivity index (χ2v) is 2.24. The number of carbonyl (C=O) groups excluding carboxylic acids is 1. The second-order valence-electron chi connectivity index (χ2n) is 2.24. The summed E-state index contributed by atoms with van der Waals surface area (Å²) in [6, 6.07) is 0. The Hall–Kier alpha value is -0.790. The number of rotatable bonds is 0. The molecule has 1 rings (SSSR count). The summed E-state index contributed by atoms with van der Waals surface area (Å²) >= 11 is 0. The van der Waals surface area contributed by atoms with E-state index in [1.807, 2.05) is 0 Å². The average Bonchev–Trinajstić information content (AvgIpc) is 1.86. The van der Waals surface area contributed by atoms with E-state index in [0.717, 1.165) is 0 Å². The van der Waals surface area contributed by atoms with Gasteiger partial charge in [0.15, 0.2) is 11.9 Å². The zero-order valence-electron chi connectivity index (χ0n) is 4.89. The van der Waals surface area contributed by atoms with Gasteiger partial charge in [-0.25, -0.2) is 0 Å². The van der Waals surface area contributed by atoms with Crippen LogP contribution in [0.3, 0.4) is 0 Å². The molecule has 1 radical (unpaired) electrons. The van der Waals surface area contributed by atoms with E-state index in [-0.39, 0.29) is 5.78 Å². The highest BCUT2D eigenvalue weighted by Crippen LogP contribution is 2.16. The van der Waals surface area contributed by atoms with Gasteiger partial charge in [-0.15, -0.1) is 0 Å². The first-order valence-corrected chi connectivity index (χ1v) is 2.44. The molecular weight excluding hydrogens is 104 g/mol. The Morgan fingerprint density at radius 1 is 1.75 bits per heavy atom. The molecule has 0 bridgehead atoms. The number of hydrogen-bond donors (Lipinski definition) is 0. The summed E-state index contributed by atoms with van der Waals surface area (Å²) in [5.74, 6) is -0.0162. The van der Waals surface area contributed by atoms with Gasteiger partial charge in [-0.1, -0.05) is 0 Å². The molecule has 0 spiro atoms. The highest BCUT2D eigenvalue weighted by atomic mass is 16.5. The quantitative estimate of drug-likeness (QED) is 0.459. The van der Waals surface area contributed by atoms with Crippen molar-refractivity contribution in [3.8, 4) is 0 Å². The third-order valence-electron chi connectivity index (χ3n) is 1.10. The summed E-state index contributed by atoms with van der Waals surface area (Å²) < 4.78 is 4.80.